The number of nitrogens with one attached hydrogen (secondary N) is 1. The van der Waals surface area contributed by atoms with Gasteiger partial charge in [-0.2, -0.15) is 0 Å². The maximum absolute atomic E-state index is 12.2. The van der Waals surface area contributed by atoms with Crippen LogP contribution in [0.2, 0.25) is 0 Å². The molecule has 2 aromatic rings. The average molecular weight is 402 g/mol. The summed E-state index contributed by atoms with van der Waals surface area (Å²) in [7, 11) is 0. The predicted molar refractivity (Wildman–Crippen MR) is 108 cm³/mol. The number of hydrogen-bond donors (Lipinski definition) is 1. The predicted octanol–water partition coefficient (Wildman–Crippen LogP) is 2.25. The summed E-state index contributed by atoms with van der Waals surface area (Å²) in [5, 5.41) is 14.0. The quantitative estimate of drug-likeness (QED) is 0.456. The van der Waals surface area contributed by atoms with Crippen molar-refractivity contribution in [2.45, 2.75) is 65.4 Å². The minimum atomic E-state index is -1.06. The van der Waals surface area contributed by atoms with Gasteiger partial charge in [-0.1, -0.05) is 19.8 Å². The van der Waals surface area contributed by atoms with Gasteiger partial charge in [-0.25, -0.2) is 4.79 Å². The number of carbonyl (C=O) groups is 2. The van der Waals surface area contributed by atoms with Gasteiger partial charge in [-0.3, -0.25) is 4.79 Å². The van der Waals surface area contributed by atoms with Crippen molar-refractivity contribution >= 4 is 22.8 Å². The summed E-state index contributed by atoms with van der Waals surface area (Å²) < 4.78 is 11.2. The van der Waals surface area contributed by atoms with Gasteiger partial charge in [-0.05, 0) is 57.2 Å². The molecule has 2 rings (SSSR count). The van der Waals surface area contributed by atoms with Crippen LogP contribution in [0.4, 0.5) is 0 Å². The molecule has 7 heteroatoms. The van der Waals surface area contributed by atoms with Gasteiger partial charge in [0.1, 0.15) is 11.3 Å². The maximum Gasteiger partial charge on any atom is 0.336 e. The number of amides is 1. The van der Waals surface area contributed by atoms with Crippen LogP contribution < -0.4 is 20.8 Å². The average Bonchev–Trinajstić information content (AvgIpc) is 2.66. The molecule has 1 heterocycles. The van der Waals surface area contributed by atoms with Crippen LogP contribution in [0.3, 0.4) is 0 Å². The van der Waals surface area contributed by atoms with Crippen molar-refractivity contribution < 1.29 is 23.8 Å². The number of hydrogen-bond acceptors (Lipinski definition) is 6. The fourth-order valence-electron chi connectivity index (χ4n) is 3.18. The second-order valence-corrected chi connectivity index (χ2v) is 7.14. The summed E-state index contributed by atoms with van der Waals surface area (Å²) in [5.74, 6) is -0.823. The molecule has 1 atom stereocenters. The summed E-state index contributed by atoms with van der Waals surface area (Å²) in [6, 6.07) is 5.17. The molecular weight excluding hydrogens is 374 g/mol. The number of carboxylic acid groups (broad SMARTS) is 1. The van der Waals surface area contributed by atoms with Crippen molar-refractivity contribution in [2.75, 3.05) is 6.54 Å². The second-order valence-electron chi connectivity index (χ2n) is 7.14. The SMILES string of the molecule is CCCc1cc(=O)oc2c(C)c(O[C@H](C)C(=O)NCCCCCC(=O)[O-])ccc12. The largest absolute Gasteiger partial charge is 0.550 e. The number of rotatable bonds is 11. The molecule has 29 heavy (non-hydrogen) atoms. The lowest BCUT2D eigenvalue weighted by molar-refractivity contribution is -0.305. The van der Waals surface area contributed by atoms with Crippen LogP contribution in [0.5, 0.6) is 5.75 Å². The molecule has 0 fully saturated rings. The van der Waals surface area contributed by atoms with Crippen LogP contribution >= 0.6 is 0 Å². The van der Waals surface area contributed by atoms with Crippen molar-refractivity contribution in [2.24, 2.45) is 0 Å². The molecule has 0 radical (unpaired) electrons. The number of ether oxygens (including phenoxy) is 1. The Balaban J connectivity index is 2.00. The summed E-state index contributed by atoms with van der Waals surface area (Å²) >= 11 is 0. The Kier molecular flexibility index (Phi) is 8.24. The number of benzene rings is 1. The minimum Gasteiger partial charge on any atom is -0.550 e. The summed E-state index contributed by atoms with van der Waals surface area (Å²) in [6.07, 6.45) is 2.93. The Hall–Kier alpha value is -2.83. The standard InChI is InChI=1S/C22H29NO6/c1-4-8-16-13-20(26)29-21-14(2)18(11-10-17(16)21)28-15(3)22(27)23-12-7-5-6-9-19(24)25/h10-11,13,15H,4-9,12H2,1-3H3,(H,23,27)(H,24,25)/p-1/t15-/m1/s1. The first-order valence-corrected chi connectivity index (χ1v) is 10.0. The van der Waals surface area contributed by atoms with Gasteiger partial charge in [0.25, 0.3) is 5.91 Å². The van der Waals surface area contributed by atoms with Gasteiger partial charge in [0, 0.05) is 29.5 Å². The molecule has 0 unspecified atom stereocenters. The zero-order valence-corrected chi connectivity index (χ0v) is 17.2. The zero-order valence-electron chi connectivity index (χ0n) is 17.2. The number of carbonyl (C=O) groups excluding carboxylic acids is 2. The van der Waals surface area contributed by atoms with Crippen LogP contribution in [-0.2, 0) is 16.0 Å². The van der Waals surface area contributed by atoms with Crippen molar-refractivity contribution in [1.82, 2.24) is 5.32 Å². The van der Waals surface area contributed by atoms with E-state index in [2.05, 4.69) is 12.2 Å². The smallest absolute Gasteiger partial charge is 0.336 e. The molecule has 0 saturated carbocycles. The third-order valence-electron chi connectivity index (χ3n) is 4.75. The lowest BCUT2D eigenvalue weighted by Gasteiger charge is -2.17. The van der Waals surface area contributed by atoms with E-state index in [1.807, 2.05) is 6.07 Å². The Labute approximate surface area is 170 Å². The fourth-order valence-corrected chi connectivity index (χ4v) is 3.18. The first kappa shape index (κ1) is 22.5. The van der Waals surface area contributed by atoms with Crippen LogP contribution in [0.25, 0.3) is 11.0 Å². The van der Waals surface area contributed by atoms with E-state index >= 15 is 0 Å². The normalized spacial score (nSPS) is 12.0. The van der Waals surface area contributed by atoms with Gasteiger partial charge in [0.2, 0.25) is 0 Å². The molecule has 1 amide bonds. The highest BCUT2D eigenvalue weighted by atomic mass is 16.5. The van der Waals surface area contributed by atoms with Crippen LogP contribution in [0.1, 0.15) is 57.1 Å². The van der Waals surface area contributed by atoms with Gasteiger partial charge >= 0.3 is 5.63 Å². The molecule has 158 valence electrons. The van der Waals surface area contributed by atoms with E-state index in [0.717, 1.165) is 23.8 Å². The van der Waals surface area contributed by atoms with Crippen molar-refractivity contribution in [1.29, 1.82) is 0 Å². The summed E-state index contributed by atoms with van der Waals surface area (Å²) in [5.41, 5.74) is 1.71. The zero-order chi connectivity index (χ0) is 21.4. The van der Waals surface area contributed by atoms with Gasteiger partial charge in [-0.15, -0.1) is 0 Å². The van der Waals surface area contributed by atoms with Crippen molar-refractivity contribution in [3.8, 4) is 5.75 Å². The lowest BCUT2D eigenvalue weighted by atomic mass is 10.0. The lowest BCUT2D eigenvalue weighted by Crippen LogP contribution is -2.37. The highest BCUT2D eigenvalue weighted by molar-refractivity contribution is 5.85. The maximum atomic E-state index is 12.2. The molecule has 1 aromatic heterocycles. The molecule has 0 aliphatic rings. The Morgan fingerprint density at radius 3 is 2.69 bits per heavy atom. The van der Waals surface area contributed by atoms with E-state index < -0.39 is 17.7 Å². The molecule has 1 N–H and O–H groups in total. The molecule has 0 aliphatic heterocycles. The van der Waals surface area contributed by atoms with Crippen LogP contribution in [0, 0.1) is 6.92 Å². The highest BCUT2D eigenvalue weighted by Crippen LogP contribution is 2.29. The van der Waals surface area contributed by atoms with Crippen LogP contribution in [-0.4, -0.2) is 24.5 Å². The van der Waals surface area contributed by atoms with Crippen molar-refractivity contribution in [3.05, 3.63) is 39.7 Å². The molecule has 0 bridgehead atoms. The molecule has 0 aliphatic carbocycles. The third-order valence-corrected chi connectivity index (χ3v) is 4.75. The molecule has 1 aromatic carbocycles. The Bertz CT molecular complexity index is 917. The Morgan fingerprint density at radius 2 is 2.00 bits per heavy atom. The van der Waals surface area contributed by atoms with Crippen molar-refractivity contribution in [3.63, 3.8) is 0 Å². The molecule has 0 spiro atoms. The van der Waals surface area contributed by atoms with E-state index in [-0.39, 0.29) is 12.3 Å². The topological polar surface area (TPSA) is 109 Å². The minimum absolute atomic E-state index is 0.0325. The van der Waals surface area contributed by atoms with E-state index in [1.165, 1.54) is 6.07 Å². The van der Waals surface area contributed by atoms with E-state index in [0.29, 0.717) is 42.7 Å². The second kappa shape index (κ2) is 10.6. The first-order valence-electron chi connectivity index (χ1n) is 10.0. The third kappa shape index (κ3) is 6.34. The van der Waals surface area contributed by atoms with Gasteiger partial charge in [0.05, 0.1) is 0 Å². The van der Waals surface area contributed by atoms with E-state index in [9.17, 15) is 19.5 Å². The summed E-state index contributed by atoms with van der Waals surface area (Å²) in [6.45, 7) is 5.96. The monoisotopic (exact) mass is 402 g/mol. The first-order chi connectivity index (χ1) is 13.8. The number of aliphatic carboxylic acids is 1. The van der Waals surface area contributed by atoms with E-state index in [4.69, 9.17) is 9.15 Å². The van der Waals surface area contributed by atoms with Gasteiger partial charge < -0.3 is 24.4 Å². The number of aryl methyl sites for hydroxylation is 2. The van der Waals surface area contributed by atoms with E-state index in [1.54, 1.807) is 19.9 Å². The fraction of sp³-hybridized carbons (Fsp3) is 0.500. The Morgan fingerprint density at radius 1 is 1.24 bits per heavy atom. The number of unbranched alkanes of at least 4 members (excludes halogenated alkanes) is 2. The molecular formula is C22H28NO6-. The number of fused-ring (bicyclic) bond motifs is 1. The number of carboxylic acids is 1. The van der Waals surface area contributed by atoms with Crippen LogP contribution in [0.15, 0.2) is 27.4 Å². The molecule has 7 nitrogen and oxygen atoms in total. The summed E-state index contributed by atoms with van der Waals surface area (Å²) in [4.78, 5) is 34.5. The highest BCUT2D eigenvalue weighted by Gasteiger charge is 2.17. The van der Waals surface area contributed by atoms with Gasteiger partial charge in [0.15, 0.2) is 6.10 Å². The molecule has 0 saturated heterocycles.